The predicted octanol–water partition coefficient (Wildman–Crippen LogP) is 0.500. The second-order valence-corrected chi connectivity index (χ2v) is 6.23. The molecule has 0 aliphatic carbocycles. The van der Waals surface area contributed by atoms with Gasteiger partial charge in [0, 0.05) is 24.2 Å². The number of nitrogens with zero attached hydrogens (tertiary/aromatic N) is 1. The first-order valence-electron chi connectivity index (χ1n) is 8.14. The maximum Gasteiger partial charge on any atom is 0.234 e. The van der Waals surface area contributed by atoms with E-state index in [1.165, 1.54) is 0 Å². The fourth-order valence-electron chi connectivity index (χ4n) is 2.84. The van der Waals surface area contributed by atoms with E-state index in [1.807, 2.05) is 50.1 Å². The minimum absolute atomic E-state index is 0.00808. The second kappa shape index (κ2) is 8.69. The Kier molecular flexibility index (Phi) is 6.62. The van der Waals surface area contributed by atoms with Crippen molar-refractivity contribution in [2.75, 3.05) is 20.2 Å². The summed E-state index contributed by atoms with van der Waals surface area (Å²) in [7, 11) is 1.91. The van der Waals surface area contributed by atoms with Gasteiger partial charge in [0.15, 0.2) is 0 Å². The lowest BCUT2D eigenvalue weighted by Gasteiger charge is -2.23. The third-order valence-electron chi connectivity index (χ3n) is 4.08. The van der Waals surface area contributed by atoms with Gasteiger partial charge in [0.1, 0.15) is 12.4 Å². The zero-order valence-corrected chi connectivity index (χ0v) is 14.5. The predicted molar refractivity (Wildman–Crippen MR) is 94.2 cm³/mol. The van der Waals surface area contributed by atoms with Crippen molar-refractivity contribution in [3.63, 3.8) is 0 Å². The van der Waals surface area contributed by atoms with Gasteiger partial charge in [-0.1, -0.05) is 24.1 Å². The molecule has 1 amide bonds. The molecule has 0 aromatic heterocycles. The van der Waals surface area contributed by atoms with Crippen LogP contribution in [-0.2, 0) is 11.3 Å². The molecule has 0 bridgehead atoms. The minimum Gasteiger partial charge on any atom is -0.481 e. The van der Waals surface area contributed by atoms with E-state index in [0.717, 1.165) is 11.3 Å². The molecule has 1 aliphatic heterocycles. The van der Waals surface area contributed by atoms with Gasteiger partial charge in [0.05, 0.1) is 12.6 Å². The van der Waals surface area contributed by atoms with Crippen molar-refractivity contribution in [1.82, 2.24) is 21.1 Å². The SMILES string of the molecule is C#CCOc1ccccc1CN(C)CC(=O)NC1C(C)NNC1C. The highest BCUT2D eigenvalue weighted by Crippen LogP contribution is 2.19. The molecule has 1 saturated heterocycles. The standard InChI is InChI=1S/C18H26N4O2/c1-5-10-24-16-9-7-6-8-15(16)11-22(4)12-17(23)19-18-13(2)20-21-14(18)3/h1,6-9,13-14,18,20-21H,10-12H2,2-4H3,(H,19,23). The monoisotopic (exact) mass is 330 g/mol. The summed E-state index contributed by atoms with van der Waals surface area (Å²) >= 11 is 0. The van der Waals surface area contributed by atoms with Crippen LogP contribution in [0.3, 0.4) is 0 Å². The quantitative estimate of drug-likeness (QED) is 0.636. The molecule has 1 aromatic carbocycles. The average molecular weight is 330 g/mol. The third-order valence-corrected chi connectivity index (χ3v) is 4.08. The van der Waals surface area contributed by atoms with Crippen LogP contribution in [0.4, 0.5) is 0 Å². The molecule has 1 aliphatic rings. The van der Waals surface area contributed by atoms with Crippen LogP contribution in [0, 0.1) is 12.3 Å². The number of amides is 1. The van der Waals surface area contributed by atoms with E-state index in [9.17, 15) is 4.79 Å². The van der Waals surface area contributed by atoms with Crippen LogP contribution >= 0.6 is 0 Å². The molecule has 2 unspecified atom stereocenters. The first-order valence-corrected chi connectivity index (χ1v) is 8.14. The second-order valence-electron chi connectivity index (χ2n) is 6.23. The molecule has 1 heterocycles. The van der Waals surface area contributed by atoms with Crippen molar-refractivity contribution in [3.8, 4) is 18.1 Å². The lowest BCUT2D eigenvalue weighted by atomic mass is 10.1. The highest BCUT2D eigenvalue weighted by Gasteiger charge is 2.30. The number of para-hydroxylation sites is 1. The van der Waals surface area contributed by atoms with E-state index in [4.69, 9.17) is 11.2 Å². The van der Waals surface area contributed by atoms with Gasteiger partial charge in [-0.3, -0.25) is 20.5 Å². The molecule has 6 nitrogen and oxygen atoms in total. The highest BCUT2D eigenvalue weighted by atomic mass is 16.5. The number of likely N-dealkylation sites (N-methyl/N-ethyl adjacent to an activating group) is 1. The lowest BCUT2D eigenvalue weighted by Crippen LogP contribution is -2.49. The van der Waals surface area contributed by atoms with E-state index >= 15 is 0 Å². The molecule has 2 rings (SSSR count). The normalized spacial score (nSPS) is 23.0. The number of carbonyl (C=O) groups is 1. The van der Waals surface area contributed by atoms with Gasteiger partial charge in [0.2, 0.25) is 5.91 Å². The zero-order chi connectivity index (χ0) is 17.5. The Morgan fingerprint density at radius 2 is 2.00 bits per heavy atom. The van der Waals surface area contributed by atoms with Crippen LogP contribution in [0.1, 0.15) is 19.4 Å². The summed E-state index contributed by atoms with van der Waals surface area (Å²) in [6.07, 6.45) is 5.25. The summed E-state index contributed by atoms with van der Waals surface area (Å²) in [5.41, 5.74) is 7.28. The smallest absolute Gasteiger partial charge is 0.234 e. The van der Waals surface area contributed by atoms with E-state index < -0.39 is 0 Å². The molecule has 0 radical (unpaired) electrons. The third kappa shape index (κ3) is 4.96. The fraction of sp³-hybridized carbons (Fsp3) is 0.500. The molecule has 1 fully saturated rings. The highest BCUT2D eigenvalue weighted by molar-refractivity contribution is 5.78. The van der Waals surface area contributed by atoms with Crippen LogP contribution in [-0.4, -0.2) is 49.1 Å². The lowest BCUT2D eigenvalue weighted by molar-refractivity contribution is -0.122. The van der Waals surface area contributed by atoms with Crippen molar-refractivity contribution in [2.45, 2.75) is 38.5 Å². The fourth-order valence-corrected chi connectivity index (χ4v) is 2.84. The number of carbonyl (C=O) groups excluding carboxylic acids is 1. The van der Waals surface area contributed by atoms with Crippen molar-refractivity contribution in [1.29, 1.82) is 0 Å². The average Bonchev–Trinajstić information content (AvgIpc) is 2.85. The molecular weight excluding hydrogens is 304 g/mol. The molecule has 2 atom stereocenters. The van der Waals surface area contributed by atoms with E-state index in [1.54, 1.807) is 0 Å². The van der Waals surface area contributed by atoms with Crippen LogP contribution in [0.5, 0.6) is 5.75 Å². The number of ether oxygens (including phenoxy) is 1. The van der Waals surface area contributed by atoms with Gasteiger partial charge < -0.3 is 10.1 Å². The van der Waals surface area contributed by atoms with Gasteiger partial charge in [0.25, 0.3) is 0 Å². The van der Waals surface area contributed by atoms with Crippen LogP contribution in [0.2, 0.25) is 0 Å². The summed E-state index contributed by atoms with van der Waals surface area (Å²) in [6.45, 7) is 5.26. The van der Waals surface area contributed by atoms with Gasteiger partial charge in [-0.05, 0) is 27.0 Å². The Labute approximate surface area is 143 Å². The number of rotatable bonds is 7. The van der Waals surface area contributed by atoms with Gasteiger partial charge in [-0.2, -0.15) is 0 Å². The maximum absolute atomic E-state index is 12.3. The molecule has 0 spiro atoms. The maximum atomic E-state index is 12.3. The summed E-state index contributed by atoms with van der Waals surface area (Å²) in [4.78, 5) is 14.2. The van der Waals surface area contributed by atoms with Crippen LogP contribution in [0.15, 0.2) is 24.3 Å². The van der Waals surface area contributed by atoms with Gasteiger partial charge in [-0.15, -0.1) is 6.42 Å². The topological polar surface area (TPSA) is 65.6 Å². The molecule has 130 valence electrons. The van der Waals surface area contributed by atoms with E-state index in [-0.39, 0.29) is 30.6 Å². The Hall–Kier alpha value is -2.07. The largest absolute Gasteiger partial charge is 0.481 e. The Bertz CT molecular complexity index is 589. The summed E-state index contributed by atoms with van der Waals surface area (Å²) in [5, 5.41) is 3.08. The van der Waals surface area contributed by atoms with E-state index in [0.29, 0.717) is 13.1 Å². The molecule has 3 N–H and O–H groups in total. The first kappa shape index (κ1) is 18.3. The van der Waals surface area contributed by atoms with Gasteiger partial charge in [-0.25, -0.2) is 0 Å². The first-order chi connectivity index (χ1) is 11.5. The minimum atomic E-state index is 0.00808. The molecule has 6 heteroatoms. The summed E-state index contributed by atoms with van der Waals surface area (Å²) < 4.78 is 5.55. The van der Waals surface area contributed by atoms with Crippen molar-refractivity contribution < 1.29 is 9.53 Å². The van der Waals surface area contributed by atoms with Crippen LogP contribution < -0.4 is 20.9 Å². The van der Waals surface area contributed by atoms with Crippen LogP contribution in [0.25, 0.3) is 0 Å². The van der Waals surface area contributed by atoms with E-state index in [2.05, 4.69) is 22.1 Å². The zero-order valence-electron chi connectivity index (χ0n) is 14.5. The molecule has 1 aromatic rings. The summed E-state index contributed by atoms with van der Waals surface area (Å²) in [6, 6.07) is 8.21. The Morgan fingerprint density at radius 1 is 1.33 bits per heavy atom. The number of benzene rings is 1. The number of nitrogens with one attached hydrogen (secondary N) is 3. The Morgan fingerprint density at radius 3 is 2.67 bits per heavy atom. The number of hydrazine groups is 1. The van der Waals surface area contributed by atoms with Crippen molar-refractivity contribution in [2.24, 2.45) is 0 Å². The number of hydrogen-bond donors (Lipinski definition) is 3. The molecular formula is C18H26N4O2. The molecule has 24 heavy (non-hydrogen) atoms. The Balaban J connectivity index is 1.88. The molecule has 0 saturated carbocycles. The summed E-state index contributed by atoms with van der Waals surface area (Å²) in [5.74, 6) is 3.23. The van der Waals surface area contributed by atoms with Gasteiger partial charge >= 0.3 is 0 Å². The van der Waals surface area contributed by atoms with Crippen molar-refractivity contribution in [3.05, 3.63) is 29.8 Å². The van der Waals surface area contributed by atoms with Crippen molar-refractivity contribution >= 4 is 5.91 Å². The number of terminal acetylenes is 1. The number of hydrogen-bond acceptors (Lipinski definition) is 5.